The first-order valence-electron chi connectivity index (χ1n) is 4.95. The van der Waals surface area contributed by atoms with Crippen molar-refractivity contribution in [2.45, 2.75) is 12.5 Å². The average molecular weight is 261 g/mol. The van der Waals surface area contributed by atoms with Gasteiger partial charge in [0.2, 0.25) is 5.91 Å². The number of methoxy groups -OCH3 is 1. The molecule has 0 saturated carbocycles. The zero-order valence-corrected chi connectivity index (χ0v) is 9.98. The van der Waals surface area contributed by atoms with Gasteiger partial charge in [0.25, 0.3) is 0 Å². The molecule has 9 heteroatoms. The molecule has 0 fully saturated rings. The molecular formula is C9H15N3O6. The van der Waals surface area contributed by atoms with E-state index in [2.05, 4.69) is 15.4 Å². The molecule has 0 radical (unpaired) electrons. The van der Waals surface area contributed by atoms with Crippen LogP contribution < -0.4 is 16.0 Å². The third-order valence-electron chi connectivity index (χ3n) is 1.89. The van der Waals surface area contributed by atoms with Gasteiger partial charge in [-0.3, -0.25) is 9.59 Å². The molecular weight excluding hydrogens is 246 g/mol. The Morgan fingerprint density at radius 1 is 1.28 bits per heavy atom. The van der Waals surface area contributed by atoms with E-state index in [4.69, 9.17) is 5.11 Å². The van der Waals surface area contributed by atoms with Gasteiger partial charge >= 0.3 is 18.0 Å². The molecule has 0 bridgehead atoms. The fourth-order valence-corrected chi connectivity index (χ4v) is 0.908. The molecule has 3 amide bonds. The summed E-state index contributed by atoms with van der Waals surface area (Å²) < 4.78 is 4.29. The van der Waals surface area contributed by atoms with Crippen molar-refractivity contribution in [3.8, 4) is 0 Å². The van der Waals surface area contributed by atoms with Crippen LogP contribution in [0.25, 0.3) is 0 Å². The van der Waals surface area contributed by atoms with Crippen LogP contribution in [0.3, 0.4) is 0 Å². The fourth-order valence-electron chi connectivity index (χ4n) is 0.908. The summed E-state index contributed by atoms with van der Waals surface area (Å²) in [6.45, 7) is -0.299. The van der Waals surface area contributed by atoms with Crippen molar-refractivity contribution in [3.05, 3.63) is 0 Å². The zero-order chi connectivity index (χ0) is 14.1. The fraction of sp³-hybridized carbons (Fsp3) is 0.556. The van der Waals surface area contributed by atoms with Crippen LogP contribution in [0.5, 0.6) is 0 Å². The van der Waals surface area contributed by atoms with Gasteiger partial charge in [0, 0.05) is 7.05 Å². The van der Waals surface area contributed by atoms with Crippen molar-refractivity contribution in [1.29, 1.82) is 0 Å². The number of likely N-dealkylation sites (N-methyl/N-ethyl adjacent to an activating group) is 1. The highest BCUT2D eigenvalue weighted by molar-refractivity contribution is 5.88. The predicted molar refractivity (Wildman–Crippen MR) is 58.7 cm³/mol. The standard InChI is InChI=1S/C9H15N3O6/c1-10-6(13)4-11-9(17)12-5(8(15)16)3-7(14)18-2/h5H,3-4H2,1-2H3,(H,10,13)(H,15,16)(H2,11,12,17)/t5-/m0/s1. The van der Waals surface area contributed by atoms with E-state index in [1.165, 1.54) is 7.05 Å². The van der Waals surface area contributed by atoms with Crippen LogP contribution in [0.2, 0.25) is 0 Å². The number of ether oxygens (including phenoxy) is 1. The molecule has 18 heavy (non-hydrogen) atoms. The van der Waals surface area contributed by atoms with Gasteiger partial charge in [-0.1, -0.05) is 0 Å². The smallest absolute Gasteiger partial charge is 0.326 e. The minimum absolute atomic E-state index is 0.299. The number of hydrogen-bond donors (Lipinski definition) is 4. The van der Waals surface area contributed by atoms with E-state index >= 15 is 0 Å². The summed E-state index contributed by atoms with van der Waals surface area (Å²) in [5, 5.41) is 15.2. The summed E-state index contributed by atoms with van der Waals surface area (Å²) in [4.78, 5) is 43.7. The lowest BCUT2D eigenvalue weighted by molar-refractivity contribution is -0.147. The van der Waals surface area contributed by atoms with Gasteiger partial charge in [-0.15, -0.1) is 0 Å². The third-order valence-corrected chi connectivity index (χ3v) is 1.89. The molecule has 102 valence electrons. The molecule has 1 atom stereocenters. The number of rotatable bonds is 6. The average Bonchev–Trinajstić information content (AvgIpc) is 2.34. The first kappa shape index (κ1) is 15.7. The molecule has 0 heterocycles. The monoisotopic (exact) mass is 261 g/mol. The number of nitrogens with one attached hydrogen (secondary N) is 3. The summed E-state index contributed by atoms with van der Waals surface area (Å²) in [6.07, 6.45) is -0.501. The molecule has 0 aromatic rings. The minimum atomic E-state index is -1.41. The van der Waals surface area contributed by atoms with Gasteiger partial charge in [-0.2, -0.15) is 0 Å². The molecule has 0 aromatic heterocycles. The number of amides is 3. The summed E-state index contributed by atoms with van der Waals surface area (Å²) in [5.74, 6) is -2.59. The van der Waals surface area contributed by atoms with Crippen LogP contribution in [-0.4, -0.2) is 55.7 Å². The SMILES string of the molecule is CNC(=O)CNC(=O)N[C@@H](CC(=O)OC)C(=O)O. The highest BCUT2D eigenvalue weighted by atomic mass is 16.5. The van der Waals surface area contributed by atoms with Crippen LogP contribution >= 0.6 is 0 Å². The van der Waals surface area contributed by atoms with Crippen molar-refractivity contribution in [2.75, 3.05) is 20.7 Å². The van der Waals surface area contributed by atoms with Crippen molar-refractivity contribution in [3.63, 3.8) is 0 Å². The molecule has 0 aliphatic heterocycles. The highest BCUT2D eigenvalue weighted by Crippen LogP contribution is 1.94. The van der Waals surface area contributed by atoms with Crippen molar-refractivity contribution < 1.29 is 29.0 Å². The summed E-state index contributed by atoms with van der Waals surface area (Å²) in [5.41, 5.74) is 0. The van der Waals surface area contributed by atoms with E-state index in [1.54, 1.807) is 0 Å². The Balaban J connectivity index is 4.24. The second-order valence-electron chi connectivity index (χ2n) is 3.17. The molecule has 0 aromatic carbocycles. The Labute approximate surface area is 103 Å². The van der Waals surface area contributed by atoms with E-state index in [1.807, 2.05) is 5.32 Å². The van der Waals surface area contributed by atoms with Gasteiger partial charge in [0.1, 0.15) is 6.04 Å². The molecule has 0 aliphatic rings. The van der Waals surface area contributed by atoms with Gasteiger partial charge in [-0.05, 0) is 0 Å². The molecule has 0 rings (SSSR count). The molecule has 0 spiro atoms. The van der Waals surface area contributed by atoms with E-state index in [9.17, 15) is 19.2 Å². The van der Waals surface area contributed by atoms with Gasteiger partial charge in [0.15, 0.2) is 0 Å². The maximum Gasteiger partial charge on any atom is 0.326 e. The number of carboxylic acids is 1. The normalized spacial score (nSPS) is 11.0. The minimum Gasteiger partial charge on any atom is -0.480 e. The molecule has 0 aliphatic carbocycles. The summed E-state index contributed by atoms with van der Waals surface area (Å²) >= 11 is 0. The van der Waals surface area contributed by atoms with Crippen LogP contribution in [0, 0.1) is 0 Å². The second-order valence-corrected chi connectivity index (χ2v) is 3.17. The molecule has 4 N–H and O–H groups in total. The van der Waals surface area contributed by atoms with Gasteiger partial charge < -0.3 is 25.8 Å². The van der Waals surface area contributed by atoms with E-state index in [-0.39, 0.29) is 6.54 Å². The zero-order valence-electron chi connectivity index (χ0n) is 9.98. The lowest BCUT2D eigenvalue weighted by Crippen LogP contribution is -2.48. The Morgan fingerprint density at radius 2 is 1.89 bits per heavy atom. The molecule has 0 unspecified atom stereocenters. The maximum absolute atomic E-state index is 11.2. The van der Waals surface area contributed by atoms with Crippen molar-refractivity contribution in [2.24, 2.45) is 0 Å². The van der Waals surface area contributed by atoms with Crippen LogP contribution in [0.1, 0.15) is 6.42 Å². The first-order chi connectivity index (χ1) is 8.40. The predicted octanol–water partition coefficient (Wildman–Crippen LogP) is -1.95. The van der Waals surface area contributed by atoms with Crippen LogP contribution in [0.4, 0.5) is 4.79 Å². The van der Waals surface area contributed by atoms with Gasteiger partial charge in [0.05, 0.1) is 20.1 Å². The third kappa shape index (κ3) is 6.30. The largest absolute Gasteiger partial charge is 0.480 e. The quantitative estimate of drug-likeness (QED) is 0.410. The number of carbonyl (C=O) groups excluding carboxylic acids is 3. The van der Waals surface area contributed by atoms with Gasteiger partial charge in [-0.25, -0.2) is 9.59 Å². The molecule has 0 saturated heterocycles. The first-order valence-corrected chi connectivity index (χ1v) is 4.95. The number of carbonyl (C=O) groups is 4. The van der Waals surface area contributed by atoms with E-state index in [0.717, 1.165) is 7.11 Å². The van der Waals surface area contributed by atoms with Crippen LogP contribution in [0.15, 0.2) is 0 Å². The Hall–Kier alpha value is -2.32. The summed E-state index contributed by atoms with van der Waals surface area (Å²) in [6, 6.07) is -2.28. The maximum atomic E-state index is 11.2. The topological polar surface area (TPSA) is 134 Å². The van der Waals surface area contributed by atoms with E-state index in [0.29, 0.717) is 0 Å². The lowest BCUT2D eigenvalue weighted by Gasteiger charge is -2.13. The highest BCUT2D eigenvalue weighted by Gasteiger charge is 2.23. The Morgan fingerprint density at radius 3 is 2.33 bits per heavy atom. The van der Waals surface area contributed by atoms with Crippen LogP contribution in [-0.2, 0) is 19.1 Å². The lowest BCUT2D eigenvalue weighted by atomic mass is 10.2. The van der Waals surface area contributed by atoms with Crippen molar-refractivity contribution >= 4 is 23.9 Å². The number of hydrogen-bond acceptors (Lipinski definition) is 5. The Bertz CT molecular complexity index is 343. The number of aliphatic carboxylic acids is 1. The number of esters is 1. The molecule has 9 nitrogen and oxygen atoms in total. The number of urea groups is 1. The van der Waals surface area contributed by atoms with Crippen molar-refractivity contribution in [1.82, 2.24) is 16.0 Å². The second kappa shape index (κ2) is 7.87. The number of carboxylic acid groups (broad SMARTS) is 1. The summed E-state index contributed by atoms with van der Waals surface area (Å²) in [7, 11) is 2.49. The van der Waals surface area contributed by atoms with E-state index < -0.39 is 36.3 Å². The Kier molecular flexibility index (Phi) is 6.86.